The number of rotatable bonds is 5. The van der Waals surface area contributed by atoms with E-state index in [0.717, 1.165) is 12.8 Å². The van der Waals surface area contributed by atoms with Crippen molar-refractivity contribution in [2.75, 3.05) is 19.6 Å². The van der Waals surface area contributed by atoms with Crippen molar-refractivity contribution < 1.29 is 14.3 Å². The molecule has 8 nitrogen and oxygen atoms in total. The number of likely N-dealkylation sites (tertiary alicyclic amines) is 1. The molecule has 2 fully saturated rings. The molecule has 2 saturated heterocycles. The second kappa shape index (κ2) is 7.47. The molecule has 2 aliphatic heterocycles. The first kappa shape index (κ1) is 18.4. The van der Waals surface area contributed by atoms with E-state index in [4.69, 9.17) is 4.74 Å². The normalized spacial score (nSPS) is 20.3. The molecule has 2 aliphatic rings. The van der Waals surface area contributed by atoms with E-state index in [1.54, 1.807) is 17.2 Å². The number of piperidine rings is 1. The van der Waals surface area contributed by atoms with Gasteiger partial charge in [-0.25, -0.2) is 14.6 Å². The van der Waals surface area contributed by atoms with Crippen LogP contribution in [0.4, 0.5) is 4.79 Å². The summed E-state index contributed by atoms with van der Waals surface area (Å²) in [5.41, 5.74) is -0.916. The van der Waals surface area contributed by atoms with Crippen molar-refractivity contribution in [2.45, 2.75) is 57.7 Å². The molecule has 142 valence electrons. The summed E-state index contributed by atoms with van der Waals surface area (Å²) >= 11 is 0. The molecule has 1 spiro atoms. The Morgan fingerprint density at radius 1 is 1.35 bits per heavy atom. The van der Waals surface area contributed by atoms with E-state index in [2.05, 4.69) is 11.9 Å². The van der Waals surface area contributed by atoms with Gasteiger partial charge in [0, 0.05) is 44.4 Å². The second-order valence-electron chi connectivity index (χ2n) is 7.23. The molecule has 0 unspecified atom stereocenters. The number of amides is 2. The van der Waals surface area contributed by atoms with E-state index in [1.807, 2.05) is 11.8 Å². The van der Waals surface area contributed by atoms with Gasteiger partial charge >= 0.3 is 11.8 Å². The van der Waals surface area contributed by atoms with Gasteiger partial charge in [0.15, 0.2) is 0 Å². The van der Waals surface area contributed by atoms with Gasteiger partial charge in [0.1, 0.15) is 12.1 Å². The highest BCUT2D eigenvalue weighted by Crippen LogP contribution is 2.34. The first-order chi connectivity index (χ1) is 12.4. The van der Waals surface area contributed by atoms with Crippen molar-refractivity contribution in [2.24, 2.45) is 0 Å². The largest absolute Gasteiger partial charge is 0.441 e. The fourth-order valence-electron chi connectivity index (χ4n) is 3.74. The maximum absolute atomic E-state index is 12.5. The van der Waals surface area contributed by atoms with Gasteiger partial charge in [0.2, 0.25) is 5.91 Å². The predicted octanol–water partition coefficient (Wildman–Crippen LogP) is 1.25. The highest BCUT2D eigenvalue weighted by Gasteiger charge is 2.48. The molecule has 1 atom stereocenters. The standard InChI is InChI=1S/C18H26N4O4/c1-3-5-14(2)22-13-18(26-17(22)25)6-10-20(11-7-18)15(23)12-21-9-4-8-19-16(21)24/h4,8-9,14H,3,5-7,10-13H2,1-2H3/t14-/m0/s1. The Morgan fingerprint density at radius 3 is 2.73 bits per heavy atom. The average Bonchev–Trinajstić information content (AvgIpc) is 2.94. The summed E-state index contributed by atoms with van der Waals surface area (Å²) in [6.07, 6.45) is 5.96. The lowest BCUT2D eigenvalue weighted by Gasteiger charge is -2.37. The van der Waals surface area contributed by atoms with Crippen molar-refractivity contribution in [1.29, 1.82) is 0 Å². The molecule has 8 heteroatoms. The van der Waals surface area contributed by atoms with Crippen LogP contribution in [0.5, 0.6) is 0 Å². The molecule has 3 heterocycles. The van der Waals surface area contributed by atoms with Gasteiger partial charge in [-0.1, -0.05) is 13.3 Å². The van der Waals surface area contributed by atoms with Gasteiger partial charge in [-0.2, -0.15) is 0 Å². The van der Waals surface area contributed by atoms with E-state index in [9.17, 15) is 14.4 Å². The van der Waals surface area contributed by atoms with Gasteiger partial charge in [-0.05, 0) is 19.4 Å². The van der Waals surface area contributed by atoms with Gasteiger partial charge < -0.3 is 14.5 Å². The van der Waals surface area contributed by atoms with Crippen LogP contribution in [-0.4, -0.2) is 62.6 Å². The third kappa shape index (κ3) is 3.73. The minimum absolute atomic E-state index is 0.0148. The molecule has 1 aromatic heterocycles. The van der Waals surface area contributed by atoms with Crippen LogP contribution in [0.25, 0.3) is 0 Å². The molecule has 0 bridgehead atoms. The zero-order valence-electron chi connectivity index (χ0n) is 15.4. The number of hydrogen-bond donors (Lipinski definition) is 0. The summed E-state index contributed by atoms with van der Waals surface area (Å²) in [4.78, 5) is 43.6. The van der Waals surface area contributed by atoms with Crippen molar-refractivity contribution in [1.82, 2.24) is 19.4 Å². The predicted molar refractivity (Wildman–Crippen MR) is 94.6 cm³/mol. The van der Waals surface area contributed by atoms with Crippen LogP contribution in [0, 0.1) is 0 Å². The summed E-state index contributed by atoms with van der Waals surface area (Å²) in [5.74, 6) is -0.115. The number of ether oxygens (including phenoxy) is 1. The van der Waals surface area contributed by atoms with Crippen molar-refractivity contribution >= 4 is 12.0 Å². The molecule has 0 N–H and O–H groups in total. The smallest absolute Gasteiger partial charge is 0.410 e. The van der Waals surface area contributed by atoms with Crippen LogP contribution >= 0.6 is 0 Å². The third-order valence-corrected chi connectivity index (χ3v) is 5.35. The van der Waals surface area contributed by atoms with Gasteiger partial charge in [-0.15, -0.1) is 0 Å². The Bertz CT molecular complexity index is 724. The van der Waals surface area contributed by atoms with Crippen LogP contribution in [-0.2, 0) is 16.1 Å². The average molecular weight is 362 g/mol. The summed E-state index contributed by atoms with van der Waals surface area (Å²) in [6, 6.07) is 1.80. The van der Waals surface area contributed by atoms with Crippen molar-refractivity contribution in [3.63, 3.8) is 0 Å². The van der Waals surface area contributed by atoms with Crippen LogP contribution in [0.15, 0.2) is 23.3 Å². The van der Waals surface area contributed by atoms with Crippen LogP contribution in [0.1, 0.15) is 39.5 Å². The molecule has 26 heavy (non-hydrogen) atoms. The zero-order chi connectivity index (χ0) is 18.7. The zero-order valence-corrected chi connectivity index (χ0v) is 15.4. The Morgan fingerprint density at radius 2 is 2.08 bits per heavy atom. The molecular weight excluding hydrogens is 336 g/mol. The third-order valence-electron chi connectivity index (χ3n) is 5.35. The van der Waals surface area contributed by atoms with E-state index >= 15 is 0 Å². The number of nitrogens with zero attached hydrogens (tertiary/aromatic N) is 4. The van der Waals surface area contributed by atoms with E-state index in [1.165, 1.54) is 10.8 Å². The molecule has 0 radical (unpaired) electrons. The summed E-state index contributed by atoms with van der Waals surface area (Å²) in [7, 11) is 0. The topological polar surface area (TPSA) is 84.7 Å². The van der Waals surface area contributed by atoms with Crippen molar-refractivity contribution in [3.8, 4) is 0 Å². The molecule has 0 aliphatic carbocycles. The minimum Gasteiger partial charge on any atom is -0.441 e. The molecule has 0 aromatic carbocycles. The Kier molecular flexibility index (Phi) is 5.29. The number of carbonyl (C=O) groups excluding carboxylic acids is 2. The lowest BCUT2D eigenvalue weighted by Crippen LogP contribution is -2.50. The number of aromatic nitrogens is 2. The summed E-state index contributed by atoms with van der Waals surface area (Å²) < 4.78 is 7.02. The highest BCUT2D eigenvalue weighted by molar-refractivity contribution is 5.76. The summed E-state index contributed by atoms with van der Waals surface area (Å²) in [5, 5.41) is 0. The molecule has 3 rings (SSSR count). The fourth-order valence-corrected chi connectivity index (χ4v) is 3.74. The molecular formula is C18H26N4O4. The maximum Gasteiger partial charge on any atom is 0.410 e. The van der Waals surface area contributed by atoms with E-state index < -0.39 is 11.3 Å². The molecule has 0 saturated carbocycles. The first-order valence-electron chi connectivity index (χ1n) is 9.23. The molecule has 1 aromatic rings. The van der Waals surface area contributed by atoms with Crippen LogP contribution in [0.3, 0.4) is 0 Å². The highest BCUT2D eigenvalue weighted by atomic mass is 16.6. The number of carbonyl (C=O) groups is 2. The Labute approximate surface area is 152 Å². The van der Waals surface area contributed by atoms with Gasteiger partial charge in [0.25, 0.3) is 0 Å². The van der Waals surface area contributed by atoms with Gasteiger partial charge in [-0.3, -0.25) is 9.36 Å². The SMILES string of the molecule is CCC[C@H](C)N1CC2(CCN(C(=O)Cn3cccnc3=O)CC2)OC1=O. The van der Waals surface area contributed by atoms with Crippen LogP contribution in [0.2, 0.25) is 0 Å². The van der Waals surface area contributed by atoms with E-state index in [-0.39, 0.29) is 24.6 Å². The quantitative estimate of drug-likeness (QED) is 0.787. The molecule has 2 amide bonds. The second-order valence-corrected chi connectivity index (χ2v) is 7.23. The fraction of sp³-hybridized carbons (Fsp3) is 0.667. The Balaban J connectivity index is 1.57. The summed E-state index contributed by atoms with van der Waals surface area (Å²) in [6.45, 7) is 5.78. The maximum atomic E-state index is 12.5. The monoisotopic (exact) mass is 362 g/mol. The van der Waals surface area contributed by atoms with Crippen LogP contribution < -0.4 is 5.69 Å². The van der Waals surface area contributed by atoms with Gasteiger partial charge in [0.05, 0.1) is 6.54 Å². The minimum atomic E-state index is -0.485. The van der Waals surface area contributed by atoms with E-state index in [0.29, 0.717) is 32.5 Å². The lowest BCUT2D eigenvalue weighted by atomic mass is 9.91. The first-order valence-corrected chi connectivity index (χ1v) is 9.23. The Hall–Kier alpha value is -2.38. The lowest BCUT2D eigenvalue weighted by molar-refractivity contribution is -0.135. The van der Waals surface area contributed by atoms with Crippen molar-refractivity contribution in [3.05, 3.63) is 28.9 Å². The number of hydrogen-bond acceptors (Lipinski definition) is 5.